The number of fused-ring (bicyclic) bond motifs is 1. The number of anilines is 1. The normalized spacial score (nSPS) is 18.6. The molecule has 1 fully saturated rings. The molecule has 0 aliphatic carbocycles. The highest BCUT2D eigenvalue weighted by Gasteiger charge is 2.22. The Labute approximate surface area is 102 Å². The minimum atomic E-state index is 0.208. The zero-order chi connectivity index (χ0) is 11.8. The summed E-state index contributed by atoms with van der Waals surface area (Å²) < 4.78 is 0. The summed E-state index contributed by atoms with van der Waals surface area (Å²) in [6.45, 7) is 2.92. The number of hydrogen-bond acceptors (Lipinski definition) is 2. The smallest absolute Gasteiger partial charge is 0.253 e. The van der Waals surface area contributed by atoms with Crippen LogP contribution < -0.4 is 4.90 Å². The number of carbonyl (C=O) groups excluding carboxylic acids is 1. The molecule has 17 heavy (non-hydrogen) atoms. The van der Waals surface area contributed by atoms with E-state index in [9.17, 15) is 4.79 Å². The summed E-state index contributed by atoms with van der Waals surface area (Å²) in [5, 5.41) is 0. The van der Waals surface area contributed by atoms with Crippen LogP contribution in [0.25, 0.3) is 0 Å². The maximum Gasteiger partial charge on any atom is 0.253 e. The van der Waals surface area contributed by atoms with Crippen molar-refractivity contribution < 1.29 is 4.79 Å². The SMILES string of the molecule is CN1CCc2cc(C(=O)N3CCCC3)ccc21. The standard InChI is InChI=1S/C14H18N2O/c1-15-9-6-11-10-12(4-5-13(11)15)14(17)16-7-2-3-8-16/h4-5,10H,2-3,6-9H2,1H3. The highest BCUT2D eigenvalue weighted by Crippen LogP contribution is 2.28. The zero-order valence-electron chi connectivity index (χ0n) is 10.3. The molecule has 3 heteroatoms. The maximum absolute atomic E-state index is 12.2. The number of nitrogens with zero attached hydrogens (tertiary/aromatic N) is 2. The molecule has 0 aromatic heterocycles. The monoisotopic (exact) mass is 230 g/mol. The van der Waals surface area contributed by atoms with Crippen LogP contribution in [0.5, 0.6) is 0 Å². The fraction of sp³-hybridized carbons (Fsp3) is 0.500. The van der Waals surface area contributed by atoms with Crippen LogP contribution in [0, 0.1) is 0 Å². The summed E-state index contributed by atoms with van der Waals surface area (Å²) in [5.74, 6) is 0.208. The molecule has 2 aliphatic rings. The van der Waals surface area contributed by atoms with Gasteiger partial charge in [0.1, 0.15) is 0 Å². The Balaban J connectivity index is 1.87. The second-order valence-corrected chi connectivity index (χ2v) is 5.01. The summed E-state index contributed by atoms with van der Waals surface area (Å²) in [6, 6.07) is 6.15. The summed E-state index contributed by atoms with van der Waals surface area (Å²) in [4.78, 5) is 16.5. The molecule has 0 N–H and O–H groups in total. The first-order valence-electron chi connectivity index (χ1n) is 6.39. The Morgan fingerprint density at radius 3 is 2.71 bits per heavy atom. The quantitative estimate of drug-likeness (QED) is 0.736. The van der Waals surface area contributed by atoms with E-state index >= 15 is 0 Å². The van der Waals surface area contributed by atoms with E-state index in [1.165, 1.54) is 11.3 Å². The van der Waals surface area contributed by atoms with Gasteiger partial charge in [0, 0.05) is 37.9 Å². The van der Waals surface area contributed by atoms with Crippen LogP contribution in [-0.2, 0) is 6.42 Å². The van der Waals surface area contributed by atoms with Gasteiger partial charge in [-0.2, -0.15) is 0 Å². The van der Waals surface area contributed by atoms with Crippen molar-refractivity contribution in [2.75, 3.05) is 31.6 Å². The van der Waals surface area contributed by atoms with Crippen LogP contribution in [0.2, 0.25) is 0 Å². The Morgan fingerprint density at radius 2 is 1.94 bits per heavy atom. The number of likely N-dealkylation sites (N-methyl/N-ethyl adjacent to an activating group) is 1. The highest BCUT2D eigenvalue weighted by atomic mass is 16.2. The van der Waals surface area contributed by atoms with Gasteiger partial charge in [-0.25, -0.2) is 0 Å². The molecule has 90 valence electrons. The van der Waals surface area contributed by atoms with Gasteiger partial charge < -0.3 is 9.80 Å². The maximum atomic E-state index is 12.2. The van der Waals surface area contributed by atoms with E-state index in [-0.39, 0.29) is 5.91 Å². The Bertz CT molecular complexity index is 450. The molecule has 2 heterocycles. The summed E-state index contributed by atoms with van der Waals surface area (Å²) in [6.07, 6.45) is 3.37. The summed E-state index contributed by atoms with van der Waals surface area (Å²) in [7, 11) is 2.10. The van der Waals surface area contributed by atoms with Crippen LogP contribution >= 0.6 is 0 Å². The molecule has 2 aliphatic heterocycles. The van der Waals surface area contributed by atoms with E-state index in [2.05, 4.69) is 24.1 Å². The van der Waals surface area contributed by atoms with Crippen molar-refractivity contribution in [2.45, 2.75) is 19.3 Å². The van der Waals surface area contributed by atoms with Gasteiger partial charge in [0.15, 0.2) is 0 Å². The Kier molecular flexibility index (Phi) is 2.54. The van der Waals surface area contributed by atoms with Gasteiger partial charge >= 0.3 is 0 Å². The van der Waals surface area contributed by atoms with Crippen molar-refractivity contribution in [1.82, 2.24) is 4.90 Å². The number of amides is 1. The van der Waals surface area contributed by atoms with Gasteiger partial charge in [0.25, 0.3) is 5.91 Å². The molecule has 0 spiro atoms. The average Bonchev–Trinajstić information content (AvgIpc) is 2.98. The minimum absolute atomic E-state index is 0.208. The third-order valence-corrected chi connectivity index (χ3v) is 3.85. The van der Waals surface area contributed by atoms with Gasteiger partial charge in [-0.3, -0.25) is 4.79 Å². The van der Waals surface area contributed by atoms with E-state index in [1.807, 2.05) is 11.0 Å². The molecule has 0 radical (unpaired) electrons. The minimum Gasteiger partial charge on any atom is -0.374 e. The molecule has 0 saturated carbocycles. The van der Waals surface area contributed by atoms with Crippen LogP contribution in [-0.4, -0.2) is 37.5 Å². The largest absolute Gasteiger partial charge is 0.374 e. The molecule has 3 nitrogen and oxygen atoms in total. The molecule has 1 saturated heterocycles. The fourth-order valence-electron chi connectivity index (χ4n) is 2.80. The molecule has 1 aromatic carbocycles. The first kappa shape index (κ1) is 10.6. The summed E-state index contributed by atoms with van der Waals surface area (Å²) in [5.41, 5.74) is 3.46. The number of hydrogen-bond donors (Lipinski definition) is 0. The van der Waals surface area contributed by atoms with Crippen molar-refractivity contribution in [3.63, 3.8) is 0 Å². The Hall–Kier alpha value is -1.51. The first-order valence-corrected chi connectivity index (χ1v) is 6.39. The van der Waals surface area contributed by atoms with Crippen molar-refractivity contribution in [3.8, 4) is 0 Å². The van der Waals surface area contributed by atoms with Crippen LogP contribution in [0.4, 0.5) is 5.69 Å². The van der Waals surface area contributed by atoms with E-state index in [0.29, 0.717) is 0 Å². The summed E-state index contributed by atoms with van der Waals surface area (Å²) >= 11 is 0. The molecule has 0 bridgehead atoms. The lowest BCUT2D eigenvalue weighted by atomic mass is 10.1. The highest BCUT2D eigenvalue weighted by molar-refractivity contribution is 5.95. The van der Waals surface area contributed by atoms with E-state index in [0.717, 1.165) is 44.5 Å². The van der Waals surface area contributed by atoms with E-state index in [4.69, 9.17) is 0 Å². The number of carbonyl (C=O) groups is 1. The van der Waals surface area contributed by atoms with Crippen molar-refractivity contribution in [1.29, 1.82) is 0 Å². The second kappa shape index (κ2) is 4.06. The third-order valence-electron chi connectivity index (χ3n) is 3.85. The molecule has 0 unspecified atom stereocenters. The lowest BCUT2D eigenvalue weighted by Gasteiger charge is -2.16. The van der Waals surface area contributed by atoms with E-state index < -0.39 is 0 Å². The van der Waals surface area contributed by atoms with Crippen molar-refractivity contribution in [3.05, 3.63) is 29.3 Å². The third kappa shape index (κ3) is 1.79. The predicted molar refractivity (Wildman–Crippen MR) is 68.6 cm³/mol. The van der Waals surface area contributed by atoms with E-state index in [1.54, 1.807) is 0 Å². The molecule has 1 aromatic rings. The first-order chi connectivity index (χ1) is 8.25. The van der Waals surface area contributed by atoms with Crippen LogP contribution in [0.3, 0.4) is 0 Å². The van der Waals surface area contributed by atoms with Crippen LogP contribution in [0.15, 0.2) is 18.2 Å². The molecule has 1 amide bonds. The molecular formula is C14H18N2O. The number of rotatable bonds is 1. The number of likely N-dealkylation sites (tertiary alicyclic amines) is 1. The molecule has 3 rings (SSSR count). The van der Waals surface area contributed by atoms with Gasteiger partial charge in [-0.15, -0.1) is 0 Å². The van der Waals surface area contributed by atoms with Gasteiger partial charge in [0.2, 0.25) is 0 Å². The zero-order valence-corrected chi connectivity index (χ0v) is 10.3. The lowest BCUT2D eigenvalue weighted by molar-refractivity contribution is 0.0793. The van der Waals surface area contributed by atoms with Gasteiger partial charge in [0.05, 0.1) is 0 Å². The van der Waals surface area contributed by atoms with Crippen molar-refractivity contribution >= 4 is 11.6 Å². The van der Waals surface area contributed by atoms with Gasteiger partial charge in [-0.05, 0) is 43.0 Å². The topological polar surface area (TPSA) is 23.6 Å². The molecule has 0 atom stereocenters. The Morgan fingerprint density at radius 1 is 1.18 bits per heavy atom. The number of benzene rings is 1. The predicted octanol–water partition coefficient (Wildman–Crippen LogP) is 1.91. The van der Waals surface area contributed by atoms with Gasteiger partial charge in [-0.1, -0.05) is 0 Å². The molecular weight excluding hydrogens is 212 g/mol. The van der Waals surface area contributed by atoms with Crippen LogP contribution in [0.1, 0.15) is 28.8 Å². The second-order valence-electron chi connectivity index (χ2n) is 5.01. The van der Waals surface area contributed by atoms with Crippen molar-refractivity contribution in [2.24, 2.45) is 0 Å². The fourth-order valence-corrected chi connectivity index (χ4v) is 2.80. The lowest BCUT2D eigenvalue weighted by Crippen LogP contribution is -2.27. The average molecular weight is 230 g/mol.